The molecule has 0 unspecified atom stereocenters. The summed E-state index contributed by atoms with van der Waals surface area (Å²) in [6.45, 7) is -0.122. The van der Waals surface area contributed by atoms with E-state index in [-0.39, 0.29) is 29.2 Å². The Balaban J connectivity index is 2.17. The number of carbonyl (C=O) groups excluding carboxylic acids is 3. The summed E-state index contributed by atoms with van der Waals surface area (Å²) < 4.78 is 0. The Morgan fingerprint density at radius 3 is 2.36 bits per heavy atom. The highest BCUT2D eigenvalue weighted by molar-refractivity contribution is 6.34. The monoisotopic (exact) mass is 397 g/mol. The number of allylic oxidation sites excluding steroid dienone is 2. The number of carbonyl (C=O) groups is 3. The van der Waals surface area contributed by atoms with Crippen LogP contribution in [0.4, 0.5) is 0 Å². The van der Waals surface area contributed by atoms with E-state index in [0.29, 0.717) is 0 Å². The van der Waals surface area contributed by atoms with Crippen LogP contribution < -0.4 is 15.7 Å². The summed E-state index contributed by atoms with van der Waals surface area (Å²) >= 11 is 6.02. The van der Waals surface area contributed by atoms with E-state index in [1.54, 1.807) is 30.4 Å². The molecule has 0 saturated carbocycles. The van der Waals surface area contributed by atoms with Crippen molar-refractivity contribution < 1.29 is 19.5 Å². The van der Waals surface area contributed by atoms with Gasteiger partial charge in [-0.25, -0.2) is 0 Å². The highest BCUT2D eigenvalue weighted by atomic mass is 35.5. The predicted molar refractivity (Wildman–Crippen MR) is 105 cm³/mol. The maximum Gasteiger partial charge on any atom is 0.267 e. The molecule has 0 aliphatic heterocycles. The first-order valence-electron chi connectivity index (χ1n) is 8.44. The van der Waals surface area contributed by atoms with E-state index in [0.717, 1.165) is 5.56 Å². The number of aliphatic carboxylic acids is 1. The molecule has 0 bridgehead atoms. The smallest absolute Gasteiger partial charge is 0.267 e. The van der Waals surface area contributed by atoms with Gasteiger partial charge in [-0.05, 0) is 23.8 Å². The number of halogens is 1. The molecule has 0 spiro atoms. The van der Waals surface area contributed by atoms with E-state index in [2.05, 4.69) is 10.6 Å². The molecule has 2 amide bonds. The number of benzene rings is 2. The molecule has 144 valence electrons. The van der Waals surface area contributed by atoms with Gasteiger partial charge in [-0.3, -0.25) is 9.59 Å². The maximum atomic E-state index is 12.5. The van der Waals surface area contributed by atoms with Gasteiger partial charge in [0.15, 0.2) is 0 Å². The van der Waals surface area contributed by atoms with Gasteiger partial charge in [0.05, 0.1) is 10.6 Å². The predicted octanol–water partition coefficient (Wildman–Crippen LogP) is 1.92. The second kappa shape index (κ2) is 10.7. The summed E-state index contributed by atoms with van der Waals surface area (Å²) in [6, 6.07) is 15.8. The fourth-order valence-electron chi connectivity index (χ4n) is 2.20. The summed E-state index contributed by atoms with van der Waals surface area (Å²) in [6.07, 6.45) is 4.46. The molecule has 0 aliphatic carbocycles. The minimum absolute atomic E-state index is 0.0459. The van der Waals surface area contributed by atoms with E-state index >= 15 is 0 Å². The lowest BCUT2D eigenvalue weighted by atomic mass is 10.2. The van der Waals surface area contributed by atoms with E-state index in [1.807, 2.05) is 30.3 Å². The van der Waals surface area contributed by atoms with Crippen LogP contribution in [-0.4, -0.2) is 24.3 Å². The lowest BCUT2D eigenvalue weighted by Gasteiger charge is -2.11. The number of nitrogens with one attached hydrogen (secondary N) is 2. The summed E-state index contributed by atoms with van der Waals surface area (Å²) in [5, 5.41) is 15.7. The zero-order valence-corrected chi connectivity index (χ0v) is 15.6. The Bertz CT molecular complexity index is 908. The molecule has 2 aromatic rings. The fourth-order valence-corrected chi connectivity index (χ4v) is 2.42. The van der Waals surface area contributed by atoms with Crippen molar-refractivity contribution in [2.45, 2.75) is 6.42 Å². The van der Waals surface area contributed by atoms with E-state index in [9.17, 15) is 19.5 Å². The normalized spacial score (nSPS) is 11.2. The second-order valence-corrected chi connectivity index (χ2v) is 6.07. The van der Waals surface area contributed by atoms with Crippen molar-refractivity contribution >= 4 is 35.5 Å². The summed E-state index contributed by atoms with van der Waals surface area (Å²) in [7, 11) is 0. The lowest BCUT2D eigenvalue weighted by Crippen LogP contribution is -2.37. The molecule has 28 heavy (non-hydrogen) atoms. The second-order valence-electron chi connectivity index (χ2n) is 5.66. The molecule has 2 aromatic carbocycles. The van der Waals surface area contributed by atoms with Gasteiger partial charge in [-0.2, -0.15) is 0 Å². The van der Waals surface area contributed by atoms with Crippen LogP contribution in [0.5, 0.6) is 0 Å². The van der Waals surface area contributed by atoms with Crippen LogP contribution in [0.25, 0.3) is 6.08 Å². The van der Waals surface area contributed by atoms with Crippen LogP contribution in [0.1, 0.15) is 22.3 Å². The molecule has 0 heterocycles. The number of carboxylic acid groups (broad SMARTS) is 1. The highest BCUT2D eigenvalue weighted by Gasteiger charge is 2.15. The number of hydrogen-bond acceptors (Lipinski definition) is 4. The number of rotatable bonds is 8. The van der Waals surface area contributed by atoms with Crippen LogP contribution in [0.3, 0.4) is 0 Å². The molecule has 0 aromatic heterocycles. The Labute approximate surface area is 167 Å². The zero-order chi connectivity index (χ0) is 20.4. The quantitative estimate of drug-likeness (QED) is 0.525. The first-order valence-corrected chi connectivity index (χ1v) is 8.82. The molecule has 2 rings (SSSR count). The van der Waals surface area contributed by atoms with Crippen LogP contribution in [0.15, 0.2) is 72.4 Å². The molecule has 2 N–H and O–H groups in total. The van der Waals surface area contributed by atoms with Crippen molar-refractivity contribution in [1.29, 1.82) is 0 Å². The molecule has 6 nitrogen and oxygen atoms in total. The maximum absolute atomic E-state index is 12.5. The largest absolute Gasteiger partial charge is 0.550 e. The Kier molecular flexibility index (Phi) is 7.99. The Hall–Kier alpha value is -3.38. The van der Waals surface area contributed by atoms with Crippen molar-refractivity contribution in [3.05, 3.63) is 88.6 Å². The van der Waals surface area contributed by atoms with Gasteiger partial charge >= 0.3 is 0 Å². The van der Waals surface area contributed by atoms with E-state index in [1.165, 1.54) is 12.1 Å². The van der Waals surface area contributed by atoms with Gasteiger partial charge < -0.3 is 20.5 Å². The minimum atomic E-state index is -1.28. The van der Waals surface area contributed by atoms with Gasteiger partial charge in [-0.1, -0.05) is 66.2 Å². The summed E-state index contributed by atoms with van der Waals surface area (Å²) in [5.74, 6) is -2.46. The third-order valence-electron chi connectivity index (χ3n) is 3.58. The standard InChI is InChI=1S/C21H19ClN2O4/c22-17-11-5-4-10-16(17)20(27)24-18(21(28)23-14-13-19(25)26)12-6-9-15-7-2-1-3-8-15/h1-12H,13-14H2,(H,23,28)(H,24,27)(H,25,26)/p-1/b9-6+,18-12+. The average molecular weight is 398 g/mol. The first-order chi connectivity index (χ1) is 13.5. The molecule has 0 radical (unpaired) electrons. The topological polar surface area (TPSA) is 98.3 Å². The SMILES string of the molecule is O=C([O-])CCNC(=O)/C(=C\C=C\c1ccccc1)NC(=O)c1ccccc1Cl. The van der Waals surface area contributed by atoms with E-state index in [4.69, 9.17) is 11.6 Å². The van der Waals surface area contributed by atoms with Gasteiger partial charge in [-0.15, -0.1) is 0 Å². The number of carboxylic acids is 1. The van der Waals surface area contributed by atoms with Crippen molar-refractivity contribution in [3.63, 3.8) is 0 Å². The van der Waals surface area contributed by atoms with Crippen molar-refractivity contribution in [2.75, 3.05) is 6.54 Å². The third-order valence-corrected chi connectivity index (χ3v) is 3.91. The van der Waals surface area contributed by atoms with Gasteiger partial charge in [0.25, 0.3) is 11.8 Å². The summed E-state index contributed by atoms with van der Waals surface area (Å²) in [5.41, 5.74) is 1.08. The molecule has 7 heteroatoms. The van der Waals surface area contributed by atoms with Crippen LogP contribution in [0, 0.1) is 0 Å². The Morgan fingerprint density at radius 1 is 1.00 bits per heavy atom. The lowest BCUT2D eigenvalue weighted by molar-refractivity contribution is -0.305. The minimum Gasteiger partial charge on any atom is -0.550 e. The molecular weight excluding hydrogens is 380 g/mol. The molecule has 0 saturated heterocycles. The molecule has 0 aliphatic rings. The zero-order valence-electron chi connectivity index (χ0n) is 14.9. The third kappa shape index (κ3) is 6.74. The fraction of sp³-hybridized carbons (Fsp3) is 0.0952. The summed E-state index contributed by atoms with van der Waals surface area (Å²) in [4.78, 5) is 35.3. The van der Waals surface area contributed by atoms with Gasteiger partial charge in [0.2, 0.25) is 0 Å². The van der Waals surface area contributed by atoms with E-state index < -0.39 is 17.8 Å². The molecule has 0 atom stereocenters. The Morgan fingerprint density at radius 2 is 1.68 bits per heavy atom. The van der Waals surface area contributed by atoms with Gasteiger partial charge in [0.1, 0.15) is 5.70 Å². The highest BCUT2D eigenvalue weighted by Crippen LogP contribution is 2.15. The first kappa shape index (κ1) is 20.9. The number of amides is 2. The van der Waals surface area contributed by atoms with Gasteiger partial charge in [0, 0.05) is 18.9 Å². The van der Waals surface area contributed by atoms with Crippen LogP contribution >= 0.6 is 11.6 Å². The number of hydrogen-bond donors (Lipinski definition) is 2. The molecule has 0 fully saturated rings. The average Bonchev–Trinajstić information content (AvgIpc) is 2.68. The van der Waals surface area contributed by atoms with Crippen molar-refractivity contribution in [2.24, 2.45) is 0 Å². The van der Waals surface area contributed by atoms with Crippen LogP contribution in [0.2, 0.25) is 5.02 Å². The van der Waals surface area contributed by atoms with Crippen molar-refractivity contribution in [1.82, 2.24) is 10.6 Å². The molecular formula is C21H18ClN2O4-. The van der Waals surface area contributed by atoms with Crippen molar-refractivity contribution in [3.8, 4) is 0 Å². The van der Waals surface area contributed by atoms with Crippen LogP contribution in [-0.2, 0) is 9.59 Å².